The molecule has 3 N–H and O–H groups in total. The fourth-order valence-corrected chi connectivity index (χ4v) is 1.99. The van der Waals surface area contributed by atoms with Gasteiger partial charge in [0.1, 0.15) is 5.82 Å². The molecule has 21 heavy (non-hydrogen) atoms. The highest BCUT2D eigenvalue weighted by Crippen LogP contribution is 2.19. The minimum absolute atomic E-state index is 0.152. The average Bonchev–Trinajstić information content (AvgIpc) is 2.42. The van der Waals surface area contributed by atoms with Crippen molar-refractivity contribution >= 4 is 23.0 Å². The summed E-state index contributed by atoms with van der Waals surface area (Å²) in [6, 6.07) is 11.4. The van der Waals surface area contributed by atoms with Gasteiger partial charge >= 0.3 is 0 Å². The van der Waals surface area contributed by atoms with Crippen molar-refractivity contribution in [2.45, 2.75) is 6.92 Å². The first kappa shape index (κ1) is 14.8. The number of rotatable bonds is 4. The second-order valence-electron chi connectivity index (χ2n) is 4.97. The minimum Gasteiger partial charge on any atom is -0.397 e. The van der Waals surface area contributed by atoms with E-state index in [1.807, 2.05) is 13.0 Å². The Morgan fingerprint density at radius 2 is 1.90 bits per heavy atom. The van der Waals surface area contributed by atoms with Gasteiger partial charge in [0.2, 0.25) is 5.91 Å². The molecule has 0 spiro atoms. The minimum atomic E-state index is -0.302. The van der Waals surface area contributed by atoms with E-state index in [-0.39, 0.29) is 18.3 Å². The quantitative estimate of drug-likeness (QED) is 0.850. The van der Waals surface area contributed by atoms with E-state index in [4.69, 9.17) is 5.73 Å². The summed E-state index contributed by atoms with van der Waals surface area (Å²) in [6.07, 6.45) is 0. The first-order valence-electron chi connectivity index (χ1n) is 6.58. The number of aryl methyl sites for hydroxylation is 1. The van der Waals surface area contributed by atoms with Crippen molar-refractivity contribution in [3.8, 4) is 0 Å². The molecule has 0 heterocycles. The Labute approximate surface area is 123 Å². The maximum atomic E-state index is 12.9. The Hall–Kier alpha value is -2.56. The molecule has 0 bridgehead atoms. The van der Waals surface area contributed by atoms with Gasteiger partial charge < -0.3 is 16.0 Å². The number of halogens is 1. The van der Waals surface area contributed by atoms with Crippen LogP contribution in [0.25, 0.3) is 0 Å². The van der Waals surface area contributed by atoms with E-state index in [1.54, 1.807) is 36.2 Å². The zero-order valence-corrected chi connectivity index (χ0v) is 12.1. The van der Waals surface area contributed by atoms with Gasteiger partial charge in [-0.3, -0.25) is 4.79 Å². The Morgan fingerprint density at radius 1 is 1.24 bits per heavy atom. The molecule has 0 unspecified atom stereocenters. The number of nitrogens with two attached hydrogens (primary N) is 1. The smallest absolute Gasteiger partial charge is 0.243 e. The average molecular weight is 287 g/mol. The monoisotopic (exact) mass is 287 g/mol. The van der Waals surface area contributed by atoms with Gasteiger partial charge in [-0.25, -0.2) is 4.39 Å². The van der Waals surface area contributed by atoms with Gasteiger partial charge in [0.05, 0.1) is 17.9 Å². The summed E-state index contributed by atoms with van der Waals surface area (Å²) in [5.41, 5.74) is 8.79. The topological polar surface area (TPSA) is 58.4 Å². The van der Waals surface area contributed by atoms with Gasteiger partial charge in [0.25, 0.3) is 0 Å². The van der Waals surface area contributed by atoms with E-state index in [1.165, 1.54) is 12.1 Å². The lowest BCUT2D eigenvalue weighted by atomic mass is 10.2. The number of nitrogens with one attached hydrogen (secondary N) is 1. The normalized spacial score (nSPS) is 10.2. The van der Waals surface area contributed by atoms with Crippen LogP contribution < -0.4 is 16.0 Å². The molecule has 0 saturated heterocycles. The van der Waals surface area contributed by atoms with E-state index in [0.29, 0.717) is 11.4 Å². The summed E-state index contributed by atoms with van der Waals surface area (Å²) >= 11 is 0. The van der Waals surface area contributed by atoms with Gasteiger partial charge in [-0.15, -0.1) is 0 Å². The Kier molecular flexibility index (Phi) is 4.42. The maximum Gasteiger partial charge on any atom is 0.243 e. The highest BCUT2D eigenvalue weighted by atomic mass is 19.1. The Bertz CT molecular complexity index is 640. The summed E-state index contributed by atoms with van der Waals surface area (Å²) in [4.78, 5) is 13.8. The lowest BCUT2D eigenvalue weighted by Crippen LogP contribution is -2.30. The van der Waals surface area contributed by atoms with Crippen molar-refractivity contribution < 1.29 is 9.18 Å². The molecule has 0 aliphatic carbocycles. The van der Waals surface area contributed by atoms with Crippen LogP contribution in [0.1, 0.15) is 5.56 Å². The van der Waals surface area contributed by atoms with E-state index in [0.717, 1.165) is 11.3 Å². The van der Waals surface area contributed by atoms with Crippen LogP contribution in [-0.4, -0.2) is 19.5 Å². The van der Waals surface area contributed by atoms with Crippen molar-refractivity contribution in [1.29, 1.82) is 0 Å². The molecule has 4 nitrogen and oxygen atoms in total. The third-order valence-corrected chi connectivity index (χ3v) is 3.13. The lowest BCUT2D eigenvalue weighted by Gasteiger charge is -2.19. The molecular formula is C16H18FN3O. The van der Waals surface area contributed by atoms with Gasteiger partial charge in [0.15, 0.2) is 0 Å². The van der Waals surface area contributed by atoms with Gasteiger partial charge in [0, 0.05) is 12.7 Å². The van der Waals surface area contributed by atoms with Crippen LogP contribution in [0.2, 0.25) is 0 Å². The zero-order chi connectivity index (χ0) is 15.4. The Morgan fingerprint density at radius 3 is 2.52 bits per heavy atom. The number of nitrogen functional groups attached to an aromatic ring is 1. The number of anilines is 3. The van der Waals surface area contributed by atoms with Crippen molar-refractivity contribution in [3.63, 3.8) is 0 Å². The Balaban J connectivity index is 1.99. The number of hydrogen-bond donors (Lipinski definition) is 2. The van der Waals surface area contributed by atoms with E-state index >= 15 is 0 Å². The van der Waals surface area contributed by atoms with Crippen LogP contribution in [0.15, 0.2) is 42.5 Å². The van der Waals surface area contributed by atoms with Gasteiger partial charge in [-0.05, 0) is 48.9 Å². The molecule has 0 atom stereocenters. The molecule has 0 aliphatic rings. The fraction of sp³-hybridized carbons (Fsp3) is 0.188. The number of carbonyl (C=O) groups excluding carboxylic acids is 1. The van der Waals surface area contributed by atoms with Crippen LogP contribution in [-0.2, 0) is 4.79 Å². The van der Waals surface area contributed by atoms with Crippen molar-refractivity contribution in [1.82, 2.24) is 0 Å². The van der Waals surface area contributed by atoms with Gasteiger partial charge in [-0.1, -0.05) is 6.07 Å². The third kappa shape index (κ3) is 3.95. The van der Waals surface area contributed by atoms with Crippen LogP contribution in [0.4, 0.5) is 21.5 Å². The van der Waals surface area contributed by atoms with Crippen LogP contribution in [0.5, 0.6) is 0 Å². The first-order valence-corrected chi connectivity index (χ1v) is 6.58. The summed E-state index contributed by atoms with van der Waals surface area (Å²) in [7, 11) is 1.77. The van der Waals surface area contributed by atoms with Crippen molar-refractivity contribution in [2.24, 2.45) is 0 Å². The number of nitrogens with zero attached hydrogens (tertiary/aromatic N) is 1. The second kappa shape index (κ2) is 6.26. The number of carbonyl (C=O) groups is 1. The standard InChI is InChI=1S/C16H18FN3O/c1-11-3-8-15(14(18)9-11)19-16(21)10-20(2)13-6-4-12(17)5-7-13/h3-9H,10,18H2,1-2H3,(H,19,21). The van der Waals surface area contributed by atoms with E-state index in [9.17, 15) is 9.18 Å². The van der Waals surface area contributed by atoms with E-state index < -0.39 is 0 Å². The maximum absolute atomic E-state index is 12.9. The first-order chi connectivity index (χ1) is 9.95. The van der Waals surface area contributed by atoms with Crippen molar-refractivity contribution in [3.05, 3.63) is 53.8 Å². The van der Waals surface area contributed by atoms with Crippen LogP contribution in [0, 0.1) is 12.7 Å². The van der Waals surface area contributed by atoms with Crippen molar-refractivity contribution in [2.75, 3.05) is 29.5 Å². The summed E-state index contributed by atoms with van der Waals surface area (Å²) in [5.74, 6) is -0.485. The molecule has 110 valence electrons. The number of amides is 1. The largest absolute Gasteiger partial charge is 0.397 e. The molecule has 0 aliphatic heterocycles. The molecule has 2 rings (SSSR count). The fourth-order valence-electron chi connectivity index (χ4n) is 1.99. The third-order valence-electron chi connectivity index (χ3n) is 3.13. The highest BCUT2D eigenvalue weighted by Gasteiger charge is 2.09. The van der Waals surface area contributed by atoms with E-state index in [2.05, 4.69) is 5.32 Å². The van der Waals surface area contributed by atoms with Crippen LogP contribution >= 0.6 is 0 Å². The predicted molar refractivity (Wildman–Crippen MR) is 83.9 cm³/mol. The molecule has 0 radical (unpaired) electrons. The molecule has 2 aromatic rings. The molecule has 0 fully saturated rings. The molecule has 1 amide bonds. The lowest BCUT2D eigenvalue weighted by molar-refractivity contribution is -0.114. The molecule has 5 heteroatoms. The summed E-state index contributed by atoms with van der Waals surface area (Å²) in [6.45, 7) is 2.09. The molecule has 0 aromatic heterocycles. The summed E-state index contributed by atoms with van der Waals surface area (Å²) in [5, 5.41) is 2.77. The number of likely N-dealkylation sites (N-methyl/N-ethyl adjacent to an activating group) is 1. The number of benzene rings is 2. The highest BCUT2D eigenvalue weighted by molar-refractivity contribution is 5.96. The SMILES string of the molecule is Cc1ccc(NC(=O)CN(C)c2ccc(F)cc2)c(N)c1. The number of hydrogen-bond acceptors (Lipinski definition) is 3. The molecular weight excluding hydrogens is 269 g/mol. The molecule has 0 saturated carbocycles. The predicted octanol–water partition coefficient (Wildman–Crippen LogP) is 2.79. The zero-order valence-electron chi connectivity index (χ0n) is 12.1. The second-order valence-corrected chi connectivity index (χ2v) is 4.97. The van der Waals surface area contributed by atoms with Gasteiger partial charge in [-0.2, -0.15) is 0 Å². The molecule has 2 aromatic carbocycles. The van der Waals surface area contributed by atoms with Crippen LogP contribution in [0.3, 0.4) is 0 Å². The summed E-state index contributed by atoms with van der Waals surface area (Å²) < 4.78 is 12.9.